The zero-order valence-electron chi connectivity index (χ0n) is 8.26. The summed E-state index contributed by atoms with van der Waals surface area (Å²) >= 11 is 7.92. The standard InChI is InChI=1S/C10H12ClIN2O/c1-2-8(13)10(15)14-9-4-3-6(11)5-7(9)12/h3-5,8H,2,13H2,1H3,(H,14,15)/t8-/m1/s1. The van der Waals surface area contributed by atoms with E-state index in [-0.39, 0.29) is 5.91 Å². The fraction of sp³-hybridized carbons (Fsp3) is 0.300. The largest absolute Gasteiger partial charge is 0.324 e. The molecule has 0 spiro atoms. The van der Waals surface area contributed by atoms with Crippen molar-refractivity contribution in [2.24, 2.45) is 5.73 Å². The van der Waals surface area contributed by atoms with Crippen LogP contribution in [0.3, 0.4) is 0 Å². The first-order valence-corrected chi connectivity index (χ1v) is 6.01. The molecule has 1 amide bonds. The van der Waals surface area contributed by atoms with E-state index in [9.17, 15) is 4.79 Å². The number of anilines is 1. The molecule has 15 heavy (non-hydrogen) atoms. The van der Waals surface area contributed by atoms with Crippen molar-refractivity contribution in [2.75, 3.05) is 5.32 Å². The number of benzene rings is 1. The van der Waals surface area contributed by atoms with Crippen LogP contribution in [0.4, 0.5) is 5.69 Å². The highest BCUT2D eigenvalue weighted by atomic mass is 127. The minimum absolute atomic E-state index is 0.169. The Morgan fingerprint density at radius 2 is 2.33 bits per heavy atom. The van der Waals surface area contributed by atoms with Gasteiger partial charge in [-0.2, -0.15) is 0 Å². The van der Waals surface area contributed by atoms with Gasteiger partial charge in [0.05, 0.1) is 11.7 Å². The van der Waals surface area contributed by atoms with Gasteiger partial charge in [0.25, 0.3) is 0 Å². The molecule has 0 heterocycles. The molecule has 0 aliphatic carbocycles. The van der Waals surface area contributed by atoms with Gasteiger partial charge in [0, 0.05) is 8.59 Å². The van der Waals surface area contributed by atoms with Crippen LogP contribution in [0.1, 0.15) is 13.3 Å². The van der Waals surface area contributed by atoms with Crippen LogP contribution in [-0.2, 0) is 4.79 Å². The summed E-state index contributed by atoms with van der Waals surface area (Å²) in [7, 11) is 0. The topological polar surface area (TPSA) is 55.1 Å². The van der Waals surface area contributed by atoms with Crippen LogP contribution in [0, 0.1) is 3.57 Å². The van der Waals surface area contributed by atoms with Gasteiger partial charge in [0.2, 0.25) is 5.91 Å². The first kappa shape index (κ1) is 12.7. The highest BCUT2D eigenvalue weighted by Crippen LogP contribution is 2.22. The molecular formula is C10H12ClIN2O. The smallest absolute Gasteiger partial charge is 0.241 e. The number of hydrogen-bond donors (Lipinski definition) is 2. The van der Waals surface area contributed by atoms with E-state index in [4.69, 9.17) is 17.3 Å². The zero-order chi connectivity index (χ0) is 11.4. The Kier molecular flexibility index (Phi) is 4.82. The predicted molar refractivity (Wildman–Crippen MR) is 71.1 cm³/mol. The van der Waals surface area contributed by atoms with Gasteiger partial charge in [0.15, 0.2) is 0 Å². The monoisotopic (exact) mass is 338 g/mol. The van der Waals surface area contributed by atoms with Crippen LogP contribution in [0.25, 0.3) is 0 Å². The second kappa shape index (κ2) is 5.67. The van der Waals surface area contributed by atoms with Gasteiger partial charge in [-0.3, -0.25) is 4.79 Å². The Hall–Kier alpha value is -0.330. The van der Waals surface area contributed by atoms with Gasteiger partial charge in [-0.05, 0) is 47.2 Å². The van der Waals surface area contributed by atoms with Gasteiger partial charge >= 0.3 is 0 Å². The third kappa shape index (κ3) is 3.62. The lowest BCUT2D eigenvalue weighted by Crippen LogP contribution is -2.35. The molecule has 1 aromatic rings. The second-order valence-corrected chi connectivity index (χ2v) is 4.73. The molecule has 0 aliphatic rings. The summed E-state index contributed by atoms with van der Waals surface area (Å²) < 4.78 is 0.900. The number of amides is 1. The maximum Gasteiger partial charge on any atom is 0.241 e. The normalized spacial score (nSPS) is 12.3. The van der Waals surface area contributed by atoms with Gasteiger partial charge < -0.3 is 11.1 Å². The molecule has 0 fully saturated rings. The van der Waals surface area contributed by atoms with Crippen molar-refractivity contribution in [3.8, 4) is 0 Å². The first-order valence-electron chi connectivity index (χ1n) is 4.56. The molecule has 1 atom stereocenters. The molecule has 3 nitrogen and oxygen atoms in total. The lowest BCUT2D eigenvalue weighted by molar-refractivity contribution is -0.117. The average molecular weight is 339 g/mol. The van der Waals surface area contributed by atoms with Crippen molar-refractivity contribution < 1.29 is 4.79 Å². The Morgan fingerprint density at radius 3 is 2.87 bits per heavy atom. The van der Waals surface area contributed by atoms with Crippen LogP contribution in [0.15, 0.2) is 18.2 Å². The molecule has 82 valence electrons. The van der Waals surface area contributed by atoms with E-state index in [1.54, 1.807) is 18.2 Å². The first-order chi connectivity index (χ1) is 7.04. The van der Waals surface area contributed by atoms with Gasteiger partial charge in [-0.15, -0.1) is 0 Å². The van der Waals surface area contributed by atoms with E-state index >= 15 is 0 Å². The molecule has 0 radical (unpaired) electrons. The molecule has 0 saturated heterocycles. The molecule has 0 unspecified atom stereocenters. The molecular weight excluding hydrogens is 326 g/mol. The van der Waals surface area contributed by atoms with Crippen molar-refractivity contribution in [2.45, 2.75) is 19.4 Å². The van der Waals surface area contributed by atoms with E-state index in [0.29, 0.717) is 11.4 Å². The molecule has 0 aliphatic heterocycles. The number of hydrogen-bond acceptors (Lipinski definition) is 2. The van der Waals surface area contributed by atoms with E-state index in [1.165, 1.54) is 0 Å². The van der Waals surface area contributed by atoms with Crippen LogP contribution >= 0.6 is 34.2 Å². The Morgan fingerprint density at radius 1 is 1.67 bits per heavy atom. The van der Waals surface area contributed by atoms with E-state index in [0.717, 1.165) is 9.26 Å². The van der Waals surface area contributed by atoms with Crippen molar-refractivity contribution in [3.63, 3.8) is 0 Å². The summed E-state index contributed by atoms with van der Waals surface area (Å²) in [6.45, 7) is 1.87. The Labute approximate surface area is 108 Å². The molecule has 0 saturated carbocycles. The summed E-state index contributed by atoms with van der Waals surface area (Å²) in [4.78, 5) is 11.5. The number of carbonyl (C=O) groups excluding carboxylic acids is 1. The highest BCUT2D eigenvalue weighted by Gasteiger charge is 2.12. The number of halogens is 2. The van der Waals surface area contributed by atoms with Gasteiger partial charge in [-0.1, -0.05) is 18.5 Å². The SMILES string of the molecule is CC[C@@H](N)C(=O)Nc1ccc(Cl)cc1I. The van der Waals surface area contributed by atoms with E-state index < -0.39 is 6.04 Å². The maximum absolute atomic E-state index is 11.5. The maximum atomic E-state index is 11.5. The minimum Gasteiger partial charge on any atom is -0.324 e. The molecule has 3 N–H and O–H groups in total. The molecule has 1 rings (SSSR count). The number of rotatable bonds is 3. The number of nitrogens with two attached hydrogens (primary N) is 1. The average Bonchev–Trinajstić information content (AvgIpc) is 2.20. The molecule has 5 heteroatoms. The lowest BCUT2D eigenvalue weighted by Gasteiger charge is -2.11. The van der Waals surface area contributed by atoms with Gasteiger partial charge in [0.1, 0.15) is 0 Å². The third-order valence-corrected chi connectivity index (χ3v) is 3.09. The summed E-state index contributed by atoms with van der Waals surface area (Å²) in [6.07, 6.45) is 0.621. The van der Waals surface area contributed by atoms with Crippen LogP contribution in [0.2, 0.25) is 5.02 Å². The summed E-state index contributed by atoms with van der Waals surface area (Å²) in [5, 5.41) is 3.41. The van der Waals surface area contributed by atoms with Crippen LogP contribution in [-0.4, -0.2) is 11.9 Å². The van der Waals surface area contributed by atoms with Gasteiger partial charge in [-0.25, -0.2) is 0 Å². The minimum atomic E-state index is -0.462. The van der Waals surface area contributed by atoms with Crippen LogP contribution < -0.4 is 11.1 Å². The number of nitrogens with one attached hydrogen (secondary N) is 1. The van der Waals surface area contributed by atoms with Crippen LogP contribution in [0.5, 0.6) is 0 Å². The second-order valence-electron chi connectivity index (χ2n) is 3.13. The Bertz CT molecular complexity index is 370. The highest BCUT2D eigenvalue weighted by molar-refractivity contribution is 14.1. The molecule has 1 aromatic carbocycles. The molecule has 0 aromatic heterocycles. The third-order valence-electron chi connectivity index (χ3n) is 1.97. The fourth-order valence-electron chi connectivity index (χ4n) is 1.00. The fourth-order valence-corrected chi connectivity index (χ4v) is 2.01. The summed E-state index contributed by atoms with van der Waals surface area (Å²) in [5.41, 5.74) is 6.35. The Balaban J connectivity index is 2.77. The summed E-state index contributed by atoms with van der Waals surface area (Å²) in [5.74, 6) is -0.169. The van der Waals surface area contributed by atoms with E-state index in [1.807, 2.05) is 6.92 Å². The quantitative estimate of drug-likeness (QED) is 0.833. The predicted octanol–water partition coefficient (Wildman–Crippen LogP) is 2.62. The molecule has 0 bridgehead atoms. The number of carbonyl (C=O) groups is 1. The lowest BCUT2D eigenvalue weighted by atomic mass is 10.2. The summed E-state index contributed by atoms with van der Waals surface area (Å²) in [6, 6.07) is 4.83. The van der Waals surface area contributed by atoms with E-state index in [2.05, 4.69) is 27.9 Å². The van der Waals surface area contributed by atoms with Crippen molar-refractivity contribution in [1.82, 2.24) is 0 Å². The van der Waals surface area contributed by atoms with Crippen molar-refractivity contribution in [1.29, 1.82) is 0 Å². The van der Waals surface area contributed by atoms with Crippen molar-refractivity contribution in [3.05, 3.63) is 26.8 Å². The van der Waals surface area contributed by atoms with Crippen molar-refractivity contribution >= 4 is 45.8 Å². The zero-order valence-corrected chi connectivity index (χ0v) is 11.2.